The first-order valence-electron chi connectivity index (χ1n) is 8.21. The third kappa shape index (κ3) is 3.25. The quantitative estimate of drug-likeness (QED) is 0.538. The third-order valence-corrected chi connectivity index (χ3v) is 4.94. The summed E-state index contributed by atoms with van der Waals surface area (Å²) in [7, 11) is 0. The van der Waals surface area contributed by atoms with Crippen molar-refractivity contribution in [1.29, 1.82) is 0 Å². The average Bonchev–Trinajstić information content (AvgIpc) is 3.01. The molecule has 0 bridgehead atoms. The van der Waals surface area contributed by atoms with E-state index in [2.05, 4.69) is 25.5 Å². The van der Waals surface area contributed by atoms with Crippen LogP contribution < -0.4 is 5.32 Å². The maximum Gasteiger partial charge on any atom is 0.234 e. The lowest BCUT2D eigenvalue weighted by Gasteiger charge is -2.04. The van der Waals surface area contributed by atoms with Gasteiger partial charge in [-0.25, -0.2) is 4.98 Å². The molecular formula is C19H17N5OS. The predicted molar refractivity (Wildman–Crippen MR) is 104 cm³/mol. The number of aryl methyl sites for hydroxylation is 2. The number of nitrogens with zero attached hydrogens (tertiary/aromatic N) is 3. The molecule has 26 heavy (non-hydrogen) atoms. The second kappa shape index (κ2) is 6.76. The number of aromatic amines is 1. The minimum atomic E-state index is -0.102. The number of carbonyl (C=O) groups excluding carboxylic acids is 1. The lowest BCUT2D eigenvalue weighted by molar-refractivity contribution is -0.113. The third-order valence-electron chi connectivity index (χ3n) is 4.11. The molecule has 0 aliphatic heterocycles. The van der Waals surface area contributed by atoms with Gasteiger partial charge in [-0.05, 0) is 31.5 Å². The van der Waals surface area contributed by atoms with Crippen molar-refractivity contribution in [2.45, 2.75) is 19.0 Å². The molecule has 4 rings (SSSR count). The number of amides is 1. The number of anilines is 1. The number of para-hydroxylation sites is 1. The summed E-state index contributed by atoms with van der Waals surface area (Å²) in [6, 6.07) is 13.7. The van der Waals surface area contributed by atoms with E-state index in [1.54, 1.807) is 0 Å². The van der Waals surface area contributed by atoms with E-state index < -0.39 is 0 Å². The second-order valence-electron chi connectivity index (χ2n) is 6.12. The van der Waals surface area contributed by atoms with Gasteiger partial charge in [0.2, 0.25) is 11.1 Å². The summed E-state index contributed by atoms with van der Waals surface area (Å²) in [6.07, 6.45) is 0. The molecule has 0 unspecified atom stereocenters. The zero-order valence-electron chi connectivity index (χ0n) is 14.4. The normalized spacial score (nSPS) is 11.2. The number of aromatic nitrogens is 4. The Morgan fingerprint density at radius 3 is 2.73 bits per heavy atom. The van der Waals surface area contributed by atoms with Crippen LogP contribution in [0.2, 0.25) is 0 Å². The second-order valence-corrected chi connectivity index (χ2v) is 7.06. The number of carbonyl (C=O) groups is 1. The van der Waals surface area contributed by atoms with Crippen LogP contribution >= 0.6 is 11.8 Å². The van der Waals surface area contributed by atoms with Crippen LogP contribution in [0.1, 0.15) is 11.1 Å². The van der Waals surface area contributed by atoms with Gasteiger partial charge in [-0.15, -0.1) is 10.2 Å². The van der Waals surface area contributed by atoms with Crippen LogP contribution in [0.5, 0.6) is 0 Å². The van der Waals surface area contributed by atoms with Gasteiger partial charge in [0.25, 0.3) is 0 Å². The summed E-state index contributed by atoms with van der Waals surface area (Å²) in [5, 5.41) is 12.8. The molecule has 0 saturated heterocycles. The highest BCUT2D eigenvalue weighted by Gasteiger charge is 2.12. The highest BCUT2D eigenvalue weighted by atomic mass is 32.2. The maximum absolute atomic E-state index is 12.1. The Morgan fingerprint density at radius 1 is 1.12 bits per heavy atom. The Morgan fingerprint density at radius 2 is 1.92 bits per heavy atom. The van der Waals surface area contributed by atoms with Gasteiger partial charge in [-0.1, -0.05) is 47.7 Å². The fourth-order valence-corrected chi connectivity index (χ4v) is 3.34. The summed E-state index contributed by atoms with van der Waals surface area (Å²) in [5.74, 6) is 0.121. The fraction of sp³-hybridized carbons (Fsp3) is 0.158. The molecule has 2 heterocycles. The van der Waals surface area contributed by atoms with Crippen molar-refractivity contribution in [1.82, 2.24) is 20.2 Å². The Hall–Kier alpha value is -2.93. The SMILES string of the molecule is Cc1ccc(NC(=O)CSc2nnc3c(n2)[nH]c2c(C)cccc23)cc1. The van der Waals surface area contributed by atoms with Crippen LogP contribution in [0.25, 0.3) is 22.1 Å². The maximum atomic E-state index is 12.1. The van der Waals surface area contributed by atoms with E-state index in [4.69, 9.17) is 0 Å². The van der Waals surface area contributed by atoms with Crippen molar-refractivity contribution in [3.8, 4) is 0 Å². The number of nitrogens with one attached hydrogen (secondary N) is 2. The zero-order chi connectivity index (χ0) is 18.1. The summed E-state index contributed by atoms with van der Waals surface area (Å²) in [5.41, 5.74) is 5.51. The van der Waals surface area contributed by atoms with Crippen molar-refractivity contribution in [3.63, 3.8) is 0 Å². The van der Waals surface area contributed by atoms with Crippen molar-refractivity contribution in [3.05, 3.63) is 53.6 Å². The van der Waals surface area contributed by atoms with Crippen LogP contribution in [0.15, 0.2) is 47.6 Å². The molecule has 0 radical (unpaired) electrons. The van der Waals surface area contributed by atoms with Gasteiger partial charge in [0.05, 0.1) is 11.3 Å². The van der Waals surface area contributed by atoms with E-state index in [1.165, 1.54) is 11.8 Å². The smallest absolute Gasteiger partial charge is 0.234 e. The topological polar surface area (TPSA) is 83.6 Å². The molecule has 0 aliphatic carbocycles. The Labute approximate surface area is 154 Å². The predicted octanol–water partition coefficient (Wildman–Crippen LogP) is 3.85. The van der Waals surface area contributed by atoms with E-state index in [0.717, 1.165) is 33.2 Å². The van der Waals surface area contributed by atoms with Gasteiger partial charge in [0.15, 0.2) is 5.65 Å². The monoisotopic (exact) mass is 363 g/mol. The molecule has 0 aliphatic rings. The summed E-state index contributed by atoms with van der Waals surface area (Å²) in [4.78, 5) is 19.9. The first-order chi connectivity index (χ1) is 12.6. The standard InChI is InChI=1S/C19H17N5OS/c1-11-6-8-13(9-7-11)20-15(25)10-26-19-22-18-17(23-24-19)14-5-3-4-12(2)16(14)21-18/h3-9H,10H2,1-2H3,(H,20,25)(H,21,22,24). The number of H-pyrrole nitrogens is 1. The number of fused-ring (bicyclic) bond motifs is 3. The van der Waals surface area contributed by atoms with Crippen LogP contribution in [-0.4, -0.2) is 31.8 Å². The highest BCUT2D eigenvalue weighted by Crippen LogP contribution is 2.25. The molecule has 4 aromatic rings. The molecule has 2 aromatic heterocycles. The number of hydrogen-bond acceptors (Lipinski definition) is 5. The van der Waals surface area contributed by atoms with E-state index >= 15 is 0 Å². The van der Waals surface area contributed by atoms with Crippen molar-refractivity contribution in [2.75, 3.05) is 11.1 Å². The van der Waals surface area contributed by atoms with Crippen LogP contribution in [-0.2, 0) is 4.79 Å². The first-order valence-corrected chi connectivity index (χ1v) is 9.20. The zero-order valence-corrected chi connectivity index (χ0v) is 15.2. The largest absolute Gasteiger partial charge is 0.337 e. The molecule has 7 heteroatoms. The first kappa shape index (κ1) is 16.5. The van der Waals surface area contributed by atoms with Gasteiger partial charge in [0, 0.05) is 11.1 Å². The molecule has 0 saturated carbocycles. The molecule has 0 atom stereocenters. The number of hydrogen-bond donors (Lipinski definition) is 2. The highest BCUT2D eigenvalue weighted by molar-refractivity contribution is 7.99. The average molecular weight is 363 g/mol. The van der Waals surface area contributed by atoms with Gasteiger partial charge >= 0.3 is 0 Å². The fourth-order valence-electron chi connectivity index (χ4n) is 2.75. The molecule has 1 amide bonds. The molecule has 2 N–H and O–H groups in total. The van der Waals surface area contributed by atoms with Crippen molar-refractivity contribution < 1.29 is 4.79 Å². The molecule has 6 nitrogen and oxygen atoms in total. The molecule has 130 valence electrons. The Bertz CT molecular complexity index is 1100. The van der Waals surface area contributed by atoms with Gasteiger partial charge < -0.3 is 10.3 Å². The lowest BCUT2D eigenvalue weighted by Crippen LogP contribution is -2.14. The number of benzene rings is 2. The van der Waals surface area contributed by atoms with E-state index in [-0.39, 0.29) is 11.7 Å². The molecule has 0 fully saturated rings. The van der Waals surface area contributed by atoms with Crippen LogP contribution in [0, 0.1) is 13.8 Å². The Balaban J connectivity index is 1.48. The van der Waals surface area contributed by atoms with E-state index in [0.29, 0.717) is 10.8 Å². The van der Waals surface area contributed by atoms with Crippen LogP contribution in [0.4, 0.5) is 5.69 Å². The van der Waals surface area contributed by atoms with E-state index in [1.807, 2.05) is 56.3 Å². The number of rotatable bonds is 4. The van der Waals surface area contributed by atoms with Gasteiger partial charge in [-0.2, -0.15) is 0 Å². The van der Waals surface area contributed by atoms with Crippen molar-refractivity contribution in [2.24, 2.45) is 0 Å². The van der Waals surface area contributed by atoms with Gasteiger partial charge in [0.1, 0.15) is 5.52 Å². The number of thioether (sulfide) groups is 1. The molecular weight excluding hydrogens is 346 g/mol. The Kier molecular flexibility index (Phi) is 4.30. The van der Waals surface area contributed by atoms with Gasteiger partial charge in [-0.3, -0.25) is 4.79 Å². The summed E-state index contributed by atoms with van der Waals surface area (Å²) in [6.45, 7) is 4.05. The van der Waals surface area contributed by atoms with Crippen molar-refractivity contribution >= 4 is 45.4 Å². The lowest BCUT2D eigenvalue weighted by atomic mass is 10.1. The molecule has 0 spiro atoms. The minimum Gasteiger partial charge on any atom is -0.337 e. The van der Waals surface area contributed by atoms with E-state index in [9.17, 15) is 4.79 Å². The summed E-state index contributed by atoms with van der Waals surface area (Å²) >= 11 is 1.26. The minimum absolute atomic E-state index is 0.102. The summed E-state index contributed by atoms with van der Waals surface area (Å²) < 4.78 is 0. The molecule has 2 aromatic carbocycles. The van der Waals surface area contributed by atoms with Crippen LogP contribution in [0.3, 0.4) is 0 Å².